The number of hydrogen-bond acceptors (Lipinski definition) is 5. The molecule has 0 aliphatic carbocycles. The van der Waals surface area contributed by atoms with Crippen molar-refractivity contribution in [3.63, 3.8) is 0 Å². The van der Waals surface area contributed by atoms with Gasteiger partial charge < -0.3 is 15.6 Å². The normalized spacial score (nSPS) is 12.1. The van der Waals surface area contributed by atoms with Crippen LogP contribution >= 0.6 is 0 Å². The molecule has 15 heavy (non-hydrogen) atoms. The van der Waals surface area contributed by atoms with Crippen molar-refractivity contribution in [2.24, 2.45) is 5.73 Å². The van der Waals surface area contributed by atoms with E-state index in [1.807, 2.05) is 0 Å². The third-order valence-corrected chi connectivity index (χ3v) is 1.88. The van der Waals surface area contributed by atoms with Crippen LogP contribution in [0.3, 0.4) is 0 Å². The number of carbonyl (C=O) groups excluding carboxylic acids is 1. The molecular weight excluding hydrogens is 200 g/mol. The van der Waals surface area contributed by atoms with Crippen LogP contribution in [0.1, 0.15) is 5.56 Å². The Labute approximate surface area is 85.5 Å². The van der Waals surface area contributed by atoms with Gasteiger partial charge in [-0.1, -0.05) is 6.07 Å². The number of nitro groups is 1. The van der Waals surface area contributed by atoms with Crippen molar-refractivity contribution in [3.8, 4) is 5.75 Å². The minimum atomic E-state index is -0.689. The summed E-state index contributed by atoms with van der Waals surface area (Å²) in [6.45, 7) is 0. The fraction of sp³-hybridized carbons (Fsp3) is 0.222. The lowest BCUT2D eigenvalue weighted by molar-refractivity contribution is -0.385. The number of aldehydes is 1. The smallest absolute Gasteiger partial charge is 0.310 e. The molecule has 0 saturated carbocycles. The van der Waals surface area contributed by atoms with Crippen LogP contribution in [0, 0.1) is 10.1 Å². The molecule has 1 rings (SSSR count). The van der Waals surface area contributed by atoms with Crippen LogP contribution in [0.2, 0.25) is 0 Å². The summed E-state index contributed by atoms with van der Waals surface area (Å²) >= 11 is 0. The summed E-state index contributed by atoms with van der Waals surface area (Å²) in [4.78, 5) is 20.1. The van der Waals surface area contributed by atoms with E-state index in [2.05, 4.69) is 0 Å². The topological polar surface area (TPSA) is 106 Å². The van der Waals surface area contributed by atoms with Crippen LogP contribution in [0.25, 0.3) is 0 Å². The summed E-state index contributed by atoms with van der Waals surface area (Å²) in [7, 11) is 0. The van der Waals surface area contributed by atoms with Gasteiger partial charge in [0.1, 0.15) is 6.29 Å². The van der Waals surface area contributed by atoms with Crippen molar-refractivity contribution in [2.75, 3.05) is 0 Å². The Morgan fingerprint density at radius 2 is 2.27 bits per heavy atom. The van der Waals surface area contributed by atoms with E-state index in [9.17, 15) is 14.9 Å². The van der Waals surface area contributed by atoms with Crippen molar-refractivity contribution in [2.45, 2.75) is 12.5 Å². The quantitative estimate of drug-likeness (QED) is 0.424. The number of carbonyl (C=O) groups is 1. The van der Waals surface area contributed by atoms with Gasteiger partial charge in [0.25, 0.3) is 0 Å². The van der Waals surface area contributed by atoms with Crippen molar-refractivity contribution < 1.29 is 14.8 Å². The fourth-order valence-corrected chi connectivity index (χ4v) is 1.16. The standard InChI is InChI=1S/C9H10N2O4/c10-7(5-12)3-6-1-2-9(13)8(4-6)11(14)15/h1-2,4-5,7,13H,3,10H2/t7-/m0/s1. The average Bonchev–Trinajstić information content (AvgIpc) is 2.20. The van der Waals surface area contributed by atoms with Crippen LogP contribution in [-0.2, 0) is 11.2 Å². The molecule has 80 valence electrons. The summed E-state index contributed by atoms with van der Waals surface area (Å²) in [5.41, 5.74) is 5.53. The molecule has 0 spiro atoms. The van der Waals surface area contributed by atoms with Gasteiger partial charge in [-0.25, -0.2) is 0 Å². The van der Waals surface area contributed by atoms with E-state index in [-0.39, 0.29) is 12.1 Å². The molecule has 0 fully saturated rings. The lowest BCUT2D eigenvalue weighted by atomic mass is 10.1. The van der Waals surface area contributed by atoms with Gasteiger partial charge in [0.05, 0.1) is 11.0 Å². The fourth-order valence-electron chi connectivity index (χ4n) is 1.16. The molecule has 6 nitrogen and oxygen atoms in total. The summed E-state index contributed by atoms with van der Waals surface area (Å²) < 4.78 is 0. The molecule has 0 aliphatic heterocycles. The monoisotopic (exact) mass is 210 g/mol. The van der Waals surface area contributed by atoms with Gasteiger partial charge >= 0.3 is 5.69 Å². The van der Waals surface area contributed by atoms with E-state index in [4.69, 9.17) is 10.8 Å². The predicted octanol–water partition coefficient (Wildman–Crippen LogP) is 0.369. The first-order chi connectivity index (χ1) is 7.04. The molecule has 0 aliphatic rings. The first-order valence-corrected chi connectivity index (χ1v) is 4.21. The Morgan fingerprint density at radius 3 is 2.80 bits per heavy atom. The molecule has 0 unspecified atom stereocenters. The van der Waals surface area contributed by atoms with E-state index >= 15 is 0 Å². The molecule has 1 atom stereocenters. The SMILES string of the molecule is N[C@H](C=O)Cc1ccc(O)c([N+](=O)[O-])c1. The third kappa shape index (κ3) is 2.75. The minimum absolute atomic E-state index is 0.213. The van der Waals surface area contributed by atoms with E-state index in [1.54, 1.807) is 0 Å². The maximum Gasteiger partial charge on any atom is 0.310 e. The van der Waals surface area contributed by atoms with E-state index in [0.717, 1.165) is 0 Å². The van der Waals surface area contributed by atoms with Gasteiger partial charge in [-0.05, 0) is 18.1 Å². The molecule has 1 aromatic rings. The van der Waals surface area contributed by atoms with Crippen molar-refractivity contribution in [3.05, 3.63) is 33.9 Å². The second-order valence-electron chi connectivity index (χ2n) is 3.08. The Hall–Kier alpha value is -1.95. The lowest BCUT2D eigenvalue weighted by Gasteiger charge is -2.04. The number of hydrogen-bond donors (Lipinski definition) is 2. The van der Waals surface area contributed by atoms with Crippen LogP contribution in [0.5, 0.6) is 5.75 Å². The number of rotatable bonds is 4. The van der Waals surface area contributed by atoms with Gasteiger partial charge in [-0.15, -0.1) is 0 Å². The Bertz CT molecular complexity index is 392. The second kappa shape index (κ2) is 4.52. The van der Waals surface area contributed by atoms with Crippen molar-refractivity contribution in [1.29, 1.82) is 0 Å². The molecule has 0 amide bonds. The van der Waals surface area contributed by atoms with E-state index in [1.165, 1.54) is 18.2 Å². The van der Waals surface area contributed by atoms with Gasteiger partial charge in [0.15, 0.2) is 5.75 Å². The number of phenols is 1. The van der Waals surface area contributed by atoms with Crippen molar-refractivity contribution >= 4 is 12.0 Å². The van der Waals surface area contributed by atoms with Crippen LogP contribution < -0.4 is 5.73 Å². The molecular formula is C9H10N2O4. The maximum atomic E-state index is 10.5. The van der Waals surface area contributed by atoms with Crippen LogP contribution in [0.15, 0.2) is 18.2 Å². The Balaban J connectivity index is 2.97. The molecule has 0 heterocycles. The minimum Gasteiger partial charge on any atom is -0.502 e. The second-order valence-corrected chi connectivity index (χ2v) is 3.08. The van der Waals surface area contributed by atoms with Gasteiger partial charge in [-0.3, -0.25) is 10.1 Å². The zero-order valence-electron chi connectivity index (χ0n) is 7.79. The maximum absolute atomic E-state index is 10.5. The summed E-state index contributed by atoms with van der Waals surface area (Å²) in [5, 5.41) is 19.6. The van der Waals surface area contributed by atoms with Gasteiger partial charge in [0, 0.05) is 6.07 Å². The first kappa shape index (κ1) is 11.1. The highest BCUT2D eigenvalue weighted by Gasteiger charge is 2.14. The zero-order valence-corrected chi connectivity index (χ0v) is 7.79. The Morgan fingerprint density at radius 1 is 1.60 bits per heavy atom. The highest BCUT2D eigenvalue weighted by molar-refractivity contribution is 5.58. The summed E-state index contributed by atoms with van der Waals surface area (Å²) in [6.07, 6.45) is 0.781. The summed E-state index contributed by atoms with van der Waals surface area (Å²) in [5.74, 6) is -0.400. The number of phenolic OH excluding ortho intramolecular Hbond substituents is 1. The molecule has 0 aromatic heterocycles. The van der Waals surface area contributed by atoms with Crippen LogP contribution in [-0.4, -0.2) is 22.4 Å². The number of benzene rings is 1. The molecule has 3 N–H and O–H groups in total. The molecule has 6 heteroatoms. The van der Waals surface area contributed by atoms with Crippen LogP contribution in [0.4, 0.5) is 5.69 Å². The number of nitrogens with zero attached hydrogens (tertiary/aromatic N) is 1. The Kier molecular flexibility index (Phi) is 3.35. The van der Waals surface area contributed by atoms with Crippen molar-refractivity contribution in [1.82, 2.24) is 0 Å². The van der Waals surface area contributed by atoms with E-state index < -0.39 is 16.7 Å². The first-order valence-electron chi connectivity index (χ1n) is 4.21. The zero-order chi connectivity index (χ0) is 11.4. The number of nitro benzene ring substituents is 1. The summed E-state index contributed by atoms with van der Waals surface area (Å²) in [6, 6.07) is 3.23. The molecule has 1 aromatic carbocycles. The lowest BCUT2D eigenvalue weighted by Crippen LogP contribution is -2.24. The average molecular weight is 210 g/mol. The highest BCUT2D eigenvalue weighted by atomic mass is 16.6. The number of nitrogens with two attached hydrogens (primary N) is 1. The molecule has 0 bridgehead atoms. The van der Waals surface area contributed by atoms with Gasteiger partial charge in [0.2, 0.25) is 0 Å². The predicted molar refractivity (Wildman–Crippen MR) is 52.5 cm³/mol. The third-order valence-electron chi connectivity index (χ3n) is 1.88. The van der Waals surface area contributed by atoms with Gasteiger partial charge in [-0.2, -0.15) is 0 Å². The molecule has 0 radical (unpaired) electrons. The number of aromatic hydroxyl groups is 1. The molecule has 0 saturated heterocycles. The largest absolute Gasteiger partial charge is 0.502 e. The van der Waals surface area contributed by atoms with E-state index in [0.29, 0.717) is 11.8 Å². The highest BCUT2D eigenvalue weighted by Crippen LogP contribution is 2.26.